The van der Waals surface area contributed by atoms with E-state index in [0.29, 0.717) is 0 Å². The van der Waals surface area contributed by atoms with Gasteiger partial charge in [0.2, 0.25) is 5.91 Å². The highest BCUT2D eigenvalue weighted by Crippen LogP contribution is 2.28. The maximum atomic E-state index is 12.8. The van der Waals surface area contributed by atoms with E-state index >= 15 is 0 Å². The second-order valence-corrected chi connectivity index (χ2v) is 9.07. The Morgan fingerprint density at radius 2 is 1.90 bits per heavy atom. The third-order valence-electron chi connectivity index (χ3n) is 5.55. The van der Waals surface area contributed by atoms with E-state index in [2.05, 4.69) is 23.1 Å². The number of amides is 1. The zero-order valence-electron chi connectivity index (χ0n) is 17.0. The summed E-state index contributed by atoms with van der Waals surface area (Å²) in [5, 5.41) is 10.5. The zero-order chi connectivity index (χ0) is 21.1. The second-order valence-electron chi connectivity index (χ2n) is 7.65. The molecule has 4 rings (SSSR count). The molecule has 2 heterocycles. The highest BCUT2D eigenvalue weighted by atomic mass is 32.2. The maximum Gasteiger partial charge on any atom is 0.269 e. The van der Waals surface area contributed by atoms with Gasteiger partial charge in [-0.3, -0.25) is 19.8 Å². The minimum absolute atomic E-state index is 0.0605. The number of nitro groups is 1. The molecule has 2 aromatic rings. The molecular formula is C22H25N3O4S. The topological polar surface area (TPSA) is 75.9 Å². The Bertz CT molecular complexity index is 926. The lowest BCUT2D eigenvalue weighted by atomic mass is 10.1. The van der Waals surface area contributed by atoms with Crippen LogP contribution in [0.25, 0.3) is 0 Å². The van der Waals surface area contributed by atoms with Crippen molar-refractivity contribution in [2.75, 3.05) is 32.8 Å². The number of hydrogen-bond donors (Lipinski definition) is 0. The Kier molecular flexibility index (Phi) is 6.24. The maximum absolute atomic E-state index is 12.8. The quantitative estimate of drug-likeness (QED) is 0.400. The molecule has 30 heavy (non-hydrogen) atoms. The number of carbonyl (C=O) groups is 1. The van der Waals surface area contributed by atoms with Gasteiger partial charge in [0, 0.05) is 56.2 Å². The number of thioether (sulfide) groups is 1. The van der Waals surface area contributed by atoms with Crippen LogP contribution in [0.4, 0.5) is 5.69 Å². The van der Waals surface area contributed by atoms with Crippen LogP contribution in [0.15, 0.2) is 47.4 Å². The highest BCUT2D eigenvalue weighted by Gasteiger charge is 2.26. The van der Waals surface area contributed by atoms with Gasteiger partial charge in [-0.25, -0.2) is 0 Å². The van der Waals surface area contributed by atoms with Gasteiger partial charge in [-0.2, -0.15) is 0 Å². The van der Waals surface area contributed by atoms with Crippen molar-refractivity contribution in [2.45, 2.75) is 30.0 Å². The van der Waals surface area contributed by atoms with Crippen molar-refractivity contribution in [3.8, 4) is 5.75 Å². The van der Waals surface area contributed by atoms with E-state index in [0.717, 1.165) is 56.4 Å². The Labute approximate surface area is 180 Å². The van der Waals surface area contributed by atoms with E-state index in [9.17, 15) is 14.9 Å². The Morgan fingerprint density at radius 1 is 1.17 bits per heavy atom. The summed E-state index contributed by atoms with van der Waals surface area (Å²) in [4.78, 5) is 28.4. The first-order valence-corrected chi connectivity index (χ1v) is 11.0. The molecule has 1 amide bonds. The molecule has 0 N–H and O–H groups in total. The summed E-state index contributed by atoms with van der Waals surface area (Å²) < 4.78 is 5.58. The van der Waals surface area contributed by atoms with Crippen molar-refractivity contribution in [2.24, 2.45) is 0 Å². The molecule has 0 aromatic heterocycles. The second kappa shape index (κ2) is 9.06. The third-order valence-corrected chi connectivity index (χ3v) is 6.65. The number of ether oxygens (including phenoxy) is 1. The minimum Gasteiger partial charge on any atom is -0.493 e. The smallest absolute Gasteiger partial charge is 0.269 e. The van der Waals surface area contributed by atoms with E-state index < -0.39 is 4.92 Å². The SMILES string of the molecule is CC(Sc1ccc([N+](=O)[O-])cc1)C(=O)N1CCN(Cc2ccc3c(c2)CCO3)CC1. The van der Waals surface area contributed by atoms with Crippen LogP contribution >= 0.6 is 11.8 Å². The fraction of sp³-hybridized carbons (Fsp3) is 0.409. The first-order valence-electron chi connectivity index (χ1n) is 10.2. The van der Waals surface area contributed by atoms with Crippen LogP contribution in [0.1, 0.15) is 18.1 Å². The molecule has 0 bridgehead atoms. The first-order chi connectivity index (χ1) is 14.5. The molecule has 0 spiro atoms. The summed E-state index contributed by atoms with van der Waals surface area (Å²) in [5.41, 5.74) is 2.64. The van der Waals surface area contributed by atoms with Gasteiger partial charge in [-0.1, -0.05) is 12.1 Å². The van der Waals surface area contributed by atoms with Crippen molar-refractivity contribution < 1.29 is 14.5 Å². The summed E-state index contributed by atoms with van der Waals surface area (Å²) >= 11 is 1.44. The molecule has 1 unspecified atom stereocenters. The highest BCUT2D eigenvalue weighted by molar-refractivity contribution is 8.00. The van der Waals surface area contributed by atoms with Gasteiger partial charge >= 0.3 is 0 Å². The molecule has 2 aromatic carbocycles. The predicted octanol–water partition coefficient (Wildman–Crippen LogP) is 3.35. The van der Waals surface area contributed by atoms with Crippen molar-refractivity contribution in [1.29, 1.82) is 0 Å². The number of fused-ring (bicyclic) bond motifs is 1. The summed E-state index contributed by atoms with van der Waals surface area (Å²) in [7, 11) is 0. The number of rotatable bonds is 6. The van der Waals surface area contributed by atoms with Crippen molar-refractivity contribution >= 4 is 23.4 Å². The van der Waals surface area contributed by atoms with E-state index in [1.807, 2.05) is 11.8 Å². The number of nitrogens with zero attached hydrogens (tertiary/aromatic N) is 3. The standard InChI is InChI=1S/C22H25N3O4S/c1-16(30-20-5-3-19(4-6-20)25(27)28)22(26)24-11-9-23(10-12-24)15-17-2-7-21-18(14-17)8-13-29-21/h2-7,14,16H,8-13,15H2,1H3. The predicted molar refractivity (Wildman–Crippen MR) is 116 cm³/mol. The van der Waals surface area contributed by atoms with Crippen LogP contribution in [0.3, 0.4) is 0 Å². The van der Waals surface area contributed by atoms with Crippen molar-refractivity contribution in [3.05, 3.63) is 63.7 Å². The van der Waals surface area contributed by atoms with Gasteiger partial charge in [0.15, 0.2) is 0 Å². The molecule has 1 atom stereocenters. The average Bonchev–Trinajstić information content (AvgIpc) is 3.22. The monoisotopic (exact) mass is 427 g/mol. The molecule has 0 aliphatic carbocycles. The number of hydrogen-bond acceptors (Lipinski definition) is 6. The van der Waals surface area contributed by atoms with Crippen molar-refractivity contribution in [3.63, 3.8) is 0 Å². The summed E-state index contributed by atoms with van der Waals surface area (Å²) in [6.45, 7) is 6.71. The van der Waals surface area contributed by atoms with Gasteiger partial charge in [0.1, 0.15) is 5.75 Å². The molecule has 8 heteroatoms. The fourth-order valence-corrected chi connectivity index (χ4v) is 4.83. The van der Waals surface area contributed by atoms with Crippen molar-refractivity contribution in [1.82, 2.24) is 9.80 Å². The number of nitro benzene ring substituents is 1. The lowest BCUT2D eigenvalue weighted by Gasteiger charge is -2.36. The molecule has 158 valence electrons. The summed E-state index contributed by atoms with van der Waals surface area (Å²) in [5.74, 6) is 1.13. The van der Waals surface area contributed by atoms with E-state index in [1.165, 1.54) is 35.0 Å². The molecule has 2 aliphatic heterocycles. The molecule has 1 saturated heterocycles. The Morgan fingerprint density at radius 3 is 2.60 bits per heavy atom. The van der Waals surface area contributed by atoms with E-state index in [-0.39, 0.29) is 16.8 Å². The number of carbonyl (C=O) groups excluding carboxylic acids is 1. The summed E-state index contributed by atoms with van der Waals surface area (Å²) in [6, 6.07) is 12.8. The number of benzene rings is 2. The normalized spacial score (nSPS) is 17.3. The van der Waals surface area contributed by atoms with Crippen LogP contribution in [-0.4, -0.2) is 58.7 Å². The Balaban J connectivity index is 1.26. The molecule has 2 aliphatic rings. The zero-order valence-corrected chi connectivity index (χ0v) is 17.8. The van der Waals surface area contributed by atoms with Crippen LogP contribution in [0, 0.1) is 10.1 Å². The molecule has 7 nitrogen and oxygen atoms in total. The van der Waals surface area contributed by atoms with E-state index in [4.69, 9.17) is 4.74 Å². The first kappa shape index (κ1) is 20.7. The van der Waals surface area contributed by atoms with Crippen LogP contribution in [0.5, 0.6) is 5.75 Å². The molecule has 0 radical (unpaired) electrons. The average molecular weight is 428 g/mol. The van der Waals surface area contributed by atoms with Gasteiger partial charge in [0.05, 0.1) is 16.8 Å². The fourth-order valence-electron chi connectivity index (χ4n) is 3.88. The summed E-state index contributed by atoms with van der Waals surface area (Å²) in [6.07, 6.45) is 0.982. The number of non-ortho nitro benzene ring substituents is 1. The van der Waals surface area contributed by atoms with Crippen LogP contribution in [0.2, 0.25) is 0 Å². The lowest BCUT2D eigenvalue weighted by Crippen LogP contribution is -2.50. The minimum atomic E-state index is -0.418. The van der Waals surface area contributed by atoms with Gasteiger partial charge < -0.3 is 9.64 Å². The molecular weight excluding hydrogens is 402 g/mol. The Hall–Kier alpha value is -2.58. The number of piperazine rings is 1. The van der Waals surface area contributed by atoms with Crippen LogP contribution in [-0.2, 0) is 17.8 Å². The van der Waals surface area contributed by atoms with Gasteiger partial charge in [-0.15, -0.1) is 11.8 Å². The molecule has 1 fully saturated rings. The molecule has 0 saturated carbocycles. The van der Waals surface area contributed by atoms with Gasteiger partial charge in [-0.05, 0) is 36.2 Å². The lowest BCUT2D eigenvalue weighted by molar-refractivity contribution is -0.384. The van der Waals surface area contributed by atoms with E-state index in [1.54, 1.807) is 12.1 Å². The largest absolute Gasteiger partial charge is 0.493 e. The van der Waals surface area contributed by atoms with Gasteiger partial charge in [0.25, 0.3) is 5.69 Å². The third kappa shape index (κ3) is 4.76. The van der Waals surface area contributed by atoms with Crippen LogP contribution < -0.4 is 4.74 Å².